The Bertz CT molecular complexity index is 756. The Labute approximate surface area is 143 Å². The van der Waals surface area contributed by atoms with Crippen LogP contribution in [0.15, 0.2) is 9.73 Å². The van der Waals surface area contributed by atoms with Gasteiger partial charge in [-0.05, 0) is 36.0 Å². The molecule has 1 amide bonds. The smallest absolute Gasteiger partial charge is 0.293 e. The van der Waals surface area contributed by atoms with E-state index in [2.05, 4.69) is 35.8 Å². The third-order valence-electron chi connectivity index (χ3n) is 3.95. The molecule has 0 aromatic carbocycles. The highest BCUT2D eigenvalue weighted by atomic mass is 16.6. The molecule has 0 unspecified atom stereocenters. The lowest BCUT2D eigenvalue weighted by Crippen LogP contribution is -2.22. The molecule has 0 bridgehead atoms. The van der Waals surface area contributed by atoms with E-state index >= 15 is 0 Å². The number of carbonyl (C=O) groups is 1. The molecule has 0 saturated heterocycles. The highest BCUT2D eigenvalue weighted by Crippen LogP contribution is 2.17. The number of amides is 1. The zero-order chi connectivity index (χ0) is 17.6. The molecule has 1 aliphatic carbocycles. The van der Waals surface area contributed by atoms with E-state index < -0.39 is 5.91 Å². The molecule has 0 atom stereocenters. The molecule has 2 heterocycles. The molecule has 1 aliphatic rings. The van der Waals surface area contributed by atoms with Crippen LogP contribution in [-0.2, 0) is 11.3 Å². The van der Waals surface area contributed by atoms with Crippen molar-refractivity contribution < 1.29 is 14.2 Å². The van der Waals surface area contributed by atoms with Gasteiger partial charge in [-0.2, -0.15) is 9.78 Å². The quantitative estimate of drug-likeness (QED) is 0.596. The van der Waals surface area contributed by atoms with Crippen LogP contribution in [0.3, 0.4) is 0 Å². The third-order valence-corrected chi connectivity index (χ3v) is 3.95. The SMILES string of the molecule is COCc1c(C(=O)NN=C2CCCCCC2)nnn1-c1nonc1N. The summed E-state index contributed by atoms with van der Waals surface area (Å²) in [6.45, 7) is 0.0820. The summed E-state index contributed by atoms with van der Waals surface area (Å²) in [5.74, 6) is -0.285. The number of nitrogens with one attached hydrogen (secondary N) is 1. The second-order valence-electron chi connectivity index (χ2n) is 5.74. The van der Waals surface area contributed by atoms with Gasteiger partial charge in [0.2, 0.25) is 11.6 Å². The summed E-state index contributed by atoms with van der Waals surface area (Å²) in [6.07, 6.45) is 6.40. The molecule has 1 fully saturated rings. The molecule has 3 rings (SSSR count). The number of anilines is 1. The first-order valence-electron chi connectivity index (χ1n) is 8.08. The summed E-state index contributed by atoms with van der Waals surface area (Å²) in [7, 11) is 1.50. The Hall–Kier alpha value is -2.82. The van der Waals surface area contributed by atoms with Crippen LogP contribution >= 0.6 is 0 Å². The van der Waals surface area contributed by atoms with Gasteiger partial charge in [0.15, 0.2) is 5.69 Å². The maximum Gasteiger partial charge on any atom is 0.293 e. The number of methoxy groups -OCH3 is 1. The summed E-state index contributed by atoms with van der Waals surface area (Å²) in [5, 5.41) is 19.2. The van der Waals surface area contributed by atoms with Crippen LogP contribution < -0.4 is 11.2 Å². The summed E-state index contributed by atoms with van der Waals surface area (Å²) in [6, 6.07) is 0. The van der Waals surface area contributed by atoms with E-state index in [1.165, 1.54) is 24.6 Å². The van der Waals surface area contributed by atoms with Crippen LogP contribution in [0.5, 0.6) is 0 Å². The first kappa shape index (κ1) is 17.0. The number of carbonyl (C=O) groups excluding carboxylic acids is 1. The fourth-order valence-corrected chi connectivity index (χ4v) is 2.68. The van der Waals surface area contributed by atoms with E-state index in [9.17, 15) is 4.79 Å². The molecule has 3 N–H and O–H groups in total. The van der Waals surface area contributed by atoms with E-state index in [1.807, 2.05) is 0 Å². The van der Waals surface area contributed by atoms with Gasteiger partial charge in [0.25, 0.3) is 5.91 Å². The van der Waals surface area contributed by atoms with E-state index in [1.54, 1.807) is 0 Å². The minimum absolute atomic E-state index is 0.0351. The largest absolute Gasteiger partial charge is 0.378 e. The zero-order valence-electron chi connectivity index (χ0n) is 13.9. The zero-order valence-corrected chi connectivity index (χ0v) is 13.9. The fourth-order valence-electron chi connectivity index (χ4n) is 2.68. The second kappa shape index (κ2) is 7.83. The number of hydrogen-bond donors (Lipinski definition) is 2. The first-order valence-corrected chi connectivity index (χ1v) is 8.08. The van der Waals surface area contributed by atoms with Crippen LogP contribution in [0.25, 0.3) is 5.82 Å². The van der Waals surface area contributed by atoms with Crippen LogP contribution in [0.2, 0.25) is 0 Å². The number of rotatable bonds is 5. The van der Waals surface area contributed by atoms with Crippen molar-refractivity contribution in [2.45, 2.75) is 45.1 Å². The van der Waals surface area contributed by atoms with E-state index in [0.29, 0.717) is 5.69 Å². The van der Waals surface area contributed by atoms with E-state index in [-0.39, 0.29) is 23.9 Å². The molecule has 0 aliphatic heterocycles. The molecule has 0 spiro atoms. The van der Waals surface area contributed by atoms with Crippen molar-refractivity contribution in [3.63, 3.8) is 0 Å². The Morgan fingerprint density at radius 2 is 2.08 bits per heavy atom. The van der Waals surface area contributed by atoms with Gasteiger partial charge in [-0.25, -0.2) is 10.1 Å². The van der Waals surface area contributed by atoms with Crippen LogP contribution in [-0.4, -0.2) is 44.0 Å². The van der Waals surface area contributed by atoms with E-state index in [4.69, 9.17) is 10.5 Å². The Balaban J connectivity index is 1.81. The Kier molecular flexibility index (Phi) is 5.33. The van der Waals surface area contributed by atoms with Gasteiger partial charge >= 0.3 is 0 Å². The number of hydrazone groups is 1. The highest BCUT2D eigenvalue weighted by molar-refractivity contribution is 5.94. The maximum atomic E-state index is 12.5. The minimum atomic E-state index is -0.468. The molecule has 134 valence electrons. The summed E-state index contributed by atoms with van der Waals surface area (Å²) < 4.78 is 11.0. The lowest BCUT2D eigenvalue weighted by Gasteiger charge is -2.05. The van der Waals surface area contributed by atoms with Gasteiger partial charge < -0.3 is 10.5 Å². The molecular formula is C14H20N8O3. The van der Waals surface area contributed by atoms with Crippen molar-refractivity contribution in [2.24, 2.45) is 5.10 Å². The van der Waals surface area contributed by atoms with Gasteiger partial charge in [-0.15, -0.1) is 5.10 Å². The minimum Gasteiger partial charge on any atom is -0.378 e. The van der Waals surface area contributed by atoms with E-state index in [0.717, 1.165) is 31.4 Å². The van der Waals surface area contributed by atoms with Crippen LogP contribution in [0.1, 0.15) is 54.7 Å². The molecule has 11 nitrogen and oxygen atoms in total. The summed E-state index contributed by atoms with van der Waals surface area (Å²) in [4.78, 5) is 12.5. The number of nitrogens with two attached hydrogens (primary N) is 1. The average Bonchev–Trinajstić information content (AvgIpc) is 3.11. The Morgan fingerprint density at radius 3 is 2.72 bits per heavy atom. The molecule has 2 aromatic rings. The molecular weight excluding hydrogens is 328 g/mol. The number of aromatic nitrogens is 5. The van der Waals surface area contributed by atoms with Crippen molar-refractivity contribution in [1.82, 2.24) is 30.7 Å². The lowest BCUT2D eigenvalue weighted by molar-refractivity contribution is 0.0944. The van der Waals surface area contributed by atoms with Gasteiger partial charge in [0, 0.05) is 12.8 Å². The standard InChI is InChI=1S/C14H20N8O3/c1-24-8-10-11(17-21-22(10)13-12(15)19-25-20-13)14(23)18-16-9-6-4-2-3-5-7-9/h2-8H2,1H3,(H2,15,19)(H,18,23). The summed E-state index contributed by atoms with van der Waals surface area (Å²) in [5.41, 5.74) is 9.69. The van der Waals surface area contributed by atoms with Crippen molar-refractivity contribution in [2.75, 3.05) is 12.8 Å². The predicted octanol–water partition coefficient (Wildman–Crippen LogP) is 0.819. The topological polar surface area (TPSA) is 146 Å². The Morgan fingerprint density at radius 1 is 1.32 bits per heavy atom. The maximum absolute atomic E-state index is 12.5. The molecule has 2 aromatic heterocycles. The van der Waals surface area contributed by atoms with Gasteiger partial charge in [-0.3, -0.25) is 4.79 Å². The van der Waals surface area contributed by atoms with Crippen molar-refractivity contribution in [3.8, 4) is 5.82 Å². The van der Waals surface area contributed by atoms with Crippen LogP contribution in [0.4, 0.5) is 5.82 Å². The molecule has 0 radical (unpaired) electrons. The third kappa shape index (κ3) is 3.82. The predicted molar refractivity (Wildman–Crippen MR) is 86.9 cm³/mol. The van der Waals surface area contributed by atoms with Crippen molar-refractivity contribution in [3.05, 3.63) is 11.4 Å². The van der Waals surface area contributed by atoms with Crippen LogP contribution in [0, 0.1) is 0 Å². The summed E-state index contributed by atoms with van der Waals surface area (Å²) >= 11 is 0. The first-order chi connectivity index (χ1) is 12.2. The fraction of sp³-hybridized carbons (Fsp3) is 0.571. The number of hydrogen-bond acceptors (Lipinski definition) is 9. The van der Waals surface area contributed by atoms with Gasteiger partial charge in [0.05, 0.1) is 6.61 Å². The van der Waals surface area contributed by atoms with Crippen molar-refractivity contribution >= 4 is 17.4 Å². The number of nitrogen functional groups attached to an aromatic ring is 1. The molecule has 25 heavy (non-hydrogen) atoms. The van der Waals surface area contributed by atoms with Gasteiger partial charge in [0.1, 0.15) is 5.69 Å². The van der Waals surface area contributed by atoms with Gasteiger partial charge in [-0.1, -0.05) is 18.1 Å². The monoisotopic (exact) mass is 348 g/mol. The normalized spacial score (nSPS) is 15.0. The van der Waals surface area contributed by atoms with Crippen molar-refractivity contribution in [1.29, 1.82) is 0 Å². The highest BCUT2D eigenvalue weighted by Gasteiger charge is 2.23. The molecule has 1 saturated carbocycles. The number of ether oxygens (including phenoxy) is 1. The molecule has 11 heteroatoms. The number of nitrogens with zero attached hydrogens (tertiary/aromatic N) is 6. The lowest BCUT2D eigenvalue weighted by atomic mass is 10.2. The average molecular weight is 348 g/mol. The second-order valence-corrected chi connectivity index (χ2v) is 5.74.